The summed E-state index contributed by atoms with van der Waals surface area (Å²) in [5, 5.41) is 12.4. The summed E-state index contributed by atoms with van der Waals surface area (Å²) in [6.45, 7) is 11.4. The predicted octanol–water partition coefficient (Wildman–Crippen LogP) is 5.95. The van der Waals surface area contributed by atoms with Gasteiger partial charge in [-0.25, -0.2) is 0 Å². The molecule has 0 aliphatic carbocycles. The summed E-state index contributed by atoms with van der Waals surface area (Å²) >= 11 is 3.68. The maximum atomic E-state index is 12.6. The van der Waals surface area contributed by atoms with Gasteiger partial charge in [-0.1, -0.05) is 43.8 Å². The molecule has 0 saturated heterocycles. The number of carbonyl (C=O) groups is 1. The van der Waals surface area contributed by atoms with Crippen molar-refractivity contribution in [1.29, 1.82) is 0 Å². The number of hydrogen-bond donors (Lipinski definition) is 1. The van der Waals surface area contributed by atoms with Crippen LogP contribution in [-0.4, -0.2) is 26.4 Å². The maximum Gasteiger partial charge on any atom is 0.234 e. The van der Waals surface area contributed by atoms with Gasteiger partial charge in [0.1, 0.15) is 12.4 Å². The number of anilines is 1. The van der Waals surface area contributed by atoms with Gasteiger partial charge in [-0.3, -0.25) is 4.79 Å². The number of halogens is 1. The number of benzene rings is 2. The van der Waals surface area contributed by atoms with Crippen LogP contribution in [0.5, 0.6) is 5.75 Å². The van der Waals surface area contributed by atoms with Gasteiger partial charge in [-0.05, 0) is 84.2 Å². The van der Waals surface area contributed by atoms with E-state index in [1.807, 2.05) is 55.7 Å². The van der Waals surface area contributed by atoms with E-state index in [1.54, 1.807) is 0 Å². The van der Waals surface area contributed by atoms with Crippen molar-refractivity contribution in [2.24, 2.45) is 0 Å². The molecule has 6 nitrogen and oxygen atoms in total. The molecule has 0 saturated carbocycles. The quantitative estimate of drug-likeness (QED) is 0.257. The molecule has 2 aromatic carbocycles. The van der Waals surface area contributed by atoms with Crippen LogP contribution in [0.15, 0.2) is 41.6 Å². The first-order valence-electron chi connectivity index (χ1n) is 10.6. The second-order valence-corrected chi connectivity index (χ2v) is 10.1. The molecule has 1 heterocycles. The van der Waals surface area contributed by atoms with Gasteiger partial charge in [-0.15, -0.1) is 10.2 Å². The molecule has 8 heteroatoms. The topological polar surface area (TPSA) is 69.0 Å². The highest BCUT2D eigenvalue weighted by Gasteiger charge is 2.16. The van der Waals surface area contributed by atoms with Gasteiger partial charge < -0.3 is 14.6 Å². The van der Waals surface area contributed by atoms with E-state index in [2.05, 4.69) is 58.0 Å². The van der Waals surface area contributed by atoms with Crippen molar-refractivity contribution < 1.29 is 9.53 Å². The van der Waals surface area contributed by atoms with Gasteiger partial charge in [0.25, 0.3) is 0 Å². The van der Waals surface area contributed by atoms with E-state index in [-0.39, 0.29) is 11.7 Å². The molecule has 32 heavy (non-hydrogen) atoms. The molecular weight excluding hydrogens is 535 g/mol. The zero-order valence-corrected chi connectivity index (χ0v) is 22.1. The largest absolute Gasteiger partial charge is 0.485 e. The minimum atomic E-state index is -0.0582. The molecule has 0 atom stereocenters. The summed E-state index contributed by atoms with van der Waals surface area (Å²) in [6, 6.07) is 12.2. The van der Waals surface area contributed by atoms with Crippen molar-refractivity contribution in [3.63, 3.8) is 0 Å². The second-order valence-electron chi connectivity index (χ2n) is 7.88. The Balaban J connectivity index is 1.64. The van der Waals surface area contributed by atoms with Crippen LogP contribution in [0.2, 0.25) is 0 Å². The monoisotopic (exact) mass is 564 g/mol. The van der Waals surface area contributed by atoms with Crippen LogP contribution in [0.3, 0.4) is 0 Å². The van der Waals surface area contributed by atoms with E-state index in [1.165, 1.54) is 11.8 Å². The number of hydrogen-bond acceptors (Lipinski definition) is 5. The van der Waals surface area contributed by atoms with Crippen molar-refractivity contribution in [2.75, 3.05) is 11.1 Å². The molecule has 3 aromatic rings. The molecule has 0 spiro atoms. The lowest BCUT2D eigenvalue weighted by atomic mass is 10.0. The summed E-state index contributed by atoms with van der Waals surface area (Å²) in [7, 11) is 0. The first-order valence-corrected chi connectivity index (χ1v) is 12.7. The Hall–Kier alpha value is -2.07. The molecule has 3 rings (SSSR count). The van der Waals surface area contributed by atoms with Crippen LogP contribution >= 0.6 is 34.4 Å². The first kappa shape index (κ1) is 24.6. The number of carbonyl (C=O) groups excluding carboxylic acids is 1. The van der Waals surface area contributed by atoms with E-state index in [0.29, 0.717) is 19.1 Å². The van der Waals surface area contributed by atoms with E-state index < -0.39 is 0 Å². The van der Waals surface area contributed by atoms with E-state index in [4.69, 9.17) is 4.74 Å². The second kappa shape index (κ2) is 11.2. The van der Waals surface area contributed by atoms with Gasteiger partial charge in [-0.2, -0.15) is 0 Å². The summed E-state index contributed by atoms with van der Waals surface area (Å²) < 4.78 is 9.20. The molecular formula is C24H29IN4O2S. The van der Waals surface area contributed by atoms with Crippen LogP contribution in [-0.2, 0) is 17.9 Å². The fraction of sp³-hybridized carbons (Fsp3) is 0.375. The first-order chi connectivity index (χ1) is 15.3. The molecule has 0 fully saturated rings. The molecule has 1 amide bonds. The van der Waals surface area contributed by atoms with Crippen LogP contribution < -0.4 is 10.1 Å². The minimum absolute atomic E-state index is 0.0582. The number of ether oxygens (including phenoxy) is 1. The van der Waals surface area contributed by atoms with Crippen molar-refractivity contribution in [1.82, 2.24) is 14.8 Å². The Morgan fingerprint density at radius 2 is 1.91 bits per heavy atom. The molecule has 0 bridgehead atoms. The summed E-state index contributed by atoms with van der Waals surface area (Å²) in [6.07, 6.45) is 0. The highest BCUT2D eigenvalue weighted by Crippen LogP contribution is 2.27. The zero-order chi connectivity index (χ0) is 23.3. The van der Waals surface area contributed by atoms with E-state index in [0.717, 1.165) is 42.7 Å². The average molecular weight is 564 g/mol. The number of thioether (sulfide) groups is 1. The number of nitrogens with zero attached hydrogens (tertiary/aromatic N) is 3. The Kier molecular flexibility index (Phi) is 8.58. The minimum Gasteiger partial charge on any atom is -0.485 e. The highest BCUT2D eigenvalue weighted by molar-refractivity contribution is 14.1. The summed E-state index contributed by atoms with van der Waals surface area (Å²) in [5.74, 6) is 2.16. The van der Waals surface area contributed by atoms with Crippen molar-refractivity contribution in [3.05, 3.63) is 62.5 Å². The number of nitrogens with one attached hydrogen (secondary N) is 1. The van der Waals surface area contributed by atoms with Gasteiger partial charge in [0.15, 0.2) is 11.0 Å². The third kappa shape index (κ3) is 6.04. The molecule has 0 aliphatic rings. The van der Waals surface area contributed by atoms with Gasteiger partial charge in [0, 0.05) is 15.8 Å². The third-order valence-corrected chi connectivity index (χ3v) is 6.74. The lowest BCUT2D eigenvalue weighted by Gasteiger charge is -2.14. The van der Waals surface area contributed by atoms with Crippen LogP contribution in [0.4, 0.5) is 5.69 Å². The number of aromatic nitrogens is 3. The number of amides is 1. The van der Waals surface area contributed by atoms with Crippen LogP contribution in [0.1, 0.15) is 49.2 Å². The zero-order valence-electron chi connectivity index (χ0n) is 19.1. The van der Waals surface area contributed by atoms with Gasteiger partial charge in [0.05, 0.1) is 5.75 Å². The third-order valence-electron chi connectivity index (χ3n) is 5.11. The Bertz CT molecular complexity index is 1080. The molecule has 1 aromatic heterocycles. The SMILES string of the molecule is CCn1c(COc2c(C)cccc2C)nnc1SCC(=O)Nc1ccc(I)cc1C(C)C. The highest BCUT2D eigenvalue weighted by atomic mass is 127. The predicted molar refractivity (Wildman–Crippen MR) is 139 cm³/mol. The molecule has 0 aliphatic heterocycles. The summed E-state index contributed by atoms with van der Waals surface area (Å²) in [4.78, 5) is 12.6. The van der Waals surface area contributed by atoms with Crippen molar-refractivity contribution in [2.45, 2.75) is 58.8 Å². The average Bonchev–Trinajstić information content (AvgIpc) is 3.14. The maximum absolute atomic E-state index is 12.6. The lowest BCUT2D eigenvalue weighted by molar-refractivity contribution is -0.113. The Labute approximate surface area is 207 Å². The van der Waals surface area contributed by atoms with Crippen molar-refractivity contribution >= 4 is 45.9 Å². The lowest BCUT2D eigenvalue weighted by Crippen LogP contribution is -2.16. The normalized spacial score (nSPS) is 11.1. The molecule has 170 valence electrons. The number of aryl methyl sites for hydroxylation is 2. The Morgan fingerprint density at radius 3 is 2.56 bits per heavy atom. The van der Waals surface area contributed by atoms with Crippen LogP contribution in [0.25, 0.3) is 0 Å². The fourth-order valence-corrected chi connectivity index (χ4v) is 4.79. The summed E-state index contributed by atoms with van der Waals surface area (Å²) in [5.41, 5.74) is 4.19. The number of para-hydroxylation sites is 1. The van der Waals surface area contributed by atoms with E-state index >= 15 is 0 Å². The standard InChI is InChI=1S/C24H29IN4O2S/c1-6-29-21(13-31-23-16(4)8-7-9-17(23)5)27-28-24(29)32-14-22(30)26-20-11-10-18(25)12-19(20)15(2)3/h7-12,15H,6,13-14H2,1-5H3,(H,26,30). The molecule has 0 radical (unpaired) electrons. The Morgan fingerprint density at radius 1 is 1.19 bits per heavy atom. The smallest absolute Gasteiger partial charge is 0.234 e. The van der Waals surface area contributed by atoms with Crippen molar-refractivity contribution in [3.8, 4) is 5.75 Å². The molecule has 0 unspecified atom stereocenters. The number of rotatable bonds is 9. The molecule has 1 N–H and O–H groups in total. The van der Waals surface area contributed by atoms with E-state index in [9.17, 15) is 4.79 Å². The fourth-order valence-electron chi connectivity index (χ4n) is 3.46. The van der Waals surface area contributed by atoms with Gasteiger partial charge >= 0.3 is 0 Å². The van der Waals surface area contributed by atoms with Crippen LogP contribution in [0, 0.1) is 17.4 Å². The van der Waals surface area contributed by atoms with Gasteiger partial charge in [0.2, 0.25) is 5.91 Å².